The topological polar surface area (TPSA) is 40.5 Å². The van der Waals surface area contributed by atoms with Gasteiger partial charge in [0.15, 0.2) is 11.6 Å². The SMILES string of the molecule is CC1=C(c2ccc(O)c(F)c2)CCCc2cc(O)ccc21. The van der Waals surface area contributed by atoms with E-state index in [-0.39, 0.29) is 11.5 Å². The van der Waals surface area contributed by atoms with Crippen molar-refractivity contribution in [1.82, 2.24) is 0 Å². The lowest BCUT2D eigenvalue weighted by Gasteiger charge is -2.12. The van der Waals surface area contributed by atoms with E-state index < -0.39 is 5.82 Å². The Balaban J connectivity index is 2.14. The second-order valence-corrected chi connectivity index (χ2v) is 5.46. The zero-order valence-electron chi connectivity index (χ0n) is 11.9. The van der Waals surface area contributed by atoms with Crippen molar-refractivity contribution in [3.8, 4) is 11.5 Å². The van der Waals surface area contributed by atoms with Gasteiger partial charge in [0.2, 0.25) is 0 Å². The van der Waals surface area contributed by atoms with E-state index in [2.05, 4.69) is 0 Å². The minimum atomic E-state index is -0.594. The third-order valence-electron chi connectivity index (χ3n) is 4.11. The lowest BCUT2D eigenvalue weighted by atomic mass is 9.93. The maximum Gasteiger partial charge on any atom is 0.165 e. The molecule has 0 amide bonds. The molecule has 3 heteroatoms. The molecule has 2 aromatic carbocycles. The Hall–Kier alpha value is -2.29. The summed E-state index contributed by atoms with van der Waals surface area (Å²) in [7, 11) is 0. The molecule has 0 spiro atoms. The third kappa shape index (κ3) is 2.51. The fourth-order valence-electron chi connectivity index (χ4n) is 3.01. The van der Waals surface area contributed by atoms with Gasteiger partial charge in [-0.05, 0) is 78.3 Å². The summed E-state index contributed by atoms with van der Waals surface area (Å²) in [5.74, 6) is -0.639. The Bertz CT molecular complexity index is 732. The molecule has 1 aliphatic rings. The lowest BCUT2D eigenvalue weighted by Crippen LogP contribution is -1.91. The maximum atomic E-state index is 13.6. The number of benzene rings is 2. The molecule has 0 aromatic heterocycles. The first-order valence-electron chi connectivity index (χ1n) is 7.07. The van der Waals surface area contributed by atoms with Crippen molar-refractivity contribution in [2.45, 2.75) is 26.2 Å². The van der Waals surface area contributed by atoms with Crippen LogP contribution in [0, 0.1) is 5.82 Å². The molecular weight excluding hydrogens is 267 g/mol. The molecular formula is C18H17FO2. The Morgan fingerprint density at radius 1 is 1.00 bits per heavy atom. The van der Waals surface area contributed by atoms with E-state index in [1.807, 2.05) is 13.0 Å². The van der Waals surface area contributed by atoms with Crippen LogP contribution in [0.4, 0.5) is 4.39 Å². The van der Waals surface area contributed by atoms with Crippen LogP contribution in [0.3, 0.4) is 0 Å². The number of phenols is 2. The Kier molecular flexibility index (Phi) is 3.42. The van der Waals surface area contributed by atoms with E-state index in [1.54, 1.807) is 18.2 Å². The molecule has 1 aliphatic carbocycles. The van der Waals surface area contributed by atoms with Gasteiger partial charge >= 0.3 is 0 Å². The highest BCUT2D eigenvalue weighted by Gasteiger charge is 2.16. The molecule has 21 heavy (non-hydrogen) atoms. The quantitative estimate of drug-likeness (QED) is 0.809. The molecule has 0 saturated carbocycles. The van der Waals surface area contributed by atoms with Crippen LogP contribution < -0.4 is 0 Å². The minimum absolute atomic E-state index is 0.278. The standard InChI is InChI=1S/C18H17FO2/c1-11-15(13-5-8-18(21)17(19)10-13)4-2-3-12-9-14(20)6-7-16(11)12/h5-10,20-21H,2-4H2,1H3. The van der Waals surface area contributed by atoms with Crippen molar-refractivity contribution in [2.24, 2.45) is 0 Å². The smallest absolute Gasteiger partial charge is 0.165 e. The Morgan fingerprint density at radius 2 is 1.81 bits per heavy atom. The average Bonchev–Trinajstić information content (AvgIpc) is 2.61. The molecule has 2 aromatic rings. The van der Waals surface area contributed by atoms with Crippen LogP contribution in [0.15, 0.2) is 36.4 Å². The van der Waals surface area contributed by atoms with Gasteiger partial charge in [-0.2, -0.15) is 0 Å². The number of phenolic OH excluding ortho intramolecular Hbond substituents is 2. The molecule has 2 N–H and O–H groups in total. The summed E-state index contributed by atoms with van der Waals surface area (Å²) >= 11 is 0. The van der Waals surface area contributed by atoms with Crippen LogP contribution in [-0.2, 0) is 6.42 Å². The monoisotopic (exact) mass is 284 g/mol. The van der Waals surface area contributed by atoms with E-state index in [0.717, 1.165) is 47.1 Å². The van der Waals surface area contributed by atoms with Crippen LogP contribution in [0.5, 0.6) is 11.5 Å². The van der Waals surface area contributed by atoms with E-state index in [1.165, 1.54) is 12.1 Å². The largest absolute Gasteiger partial charge is 0.508 e. The van der Waals surface area contributed by atoms with Crippen LogP contribution in [-0.4, -0.2) is 10.2 Å². The summed E-state index contributed by atoms with van der Waals surface area (Å²) in [5.41, 5.74) is 5.24. The first kappa shape index (κ1) is 13.7. The maximum absolute atomic E-state index is 13.6. The van der Waals surface area contributed by atoms with Crippen molar-refractivity contribution < 1.29 is 14.6 Å². The van der Waals surface area contributed by atoms with Crippen LogP contribution in [0.2, 0.25) is 0 Å². The van der Waals surface area contributed by atoms with Gasteiger partial charge in [-0.15, -0.1) is 0 Å². The fourth-order valence-corrected chi connectivity index (χ4v) is 3.01. The molecule has 0 heterocycles. The molecule has 3 rings (SSSR count). The number of rotatable bonds is 1. The Morgan fingerprint density at radius 3 is 2.57 bits per heavy atom. The normalized spacial score (nSPS) is 14.8. The van der Waals surface area contributed by atoms with E-state index >= 15 is 0 Å². The summed E-state index contributed by atoms with van der Waals surface area (Å²) in [6, 6.07) is 9.94. The van der Waals surface area contributed by atoms with Crippen LogP contribution in [0.1, 0.15) is 36.5 Å². The summed E-state index contributed by atoms with van der Waals surface area (Å²) < 4.78 is 13.6. The molecule has 0 unspecified atom stereocenters. The number of halogens is 1. The van der Waals surface area contributed by atoms with Gasteiger partial charge in [-0.25, -0.2) is 4.39 Å². The molecule has 0 atom stereocenters. The number of hydrogen-bond acceptors (Lipinski definition) is 2. The van der Waals surface area contributed by atoms with Gasteiger partial charge in [-0.3, -0.25) is 0 Å². The van der Waals surface area contributed by atoms with Crippen molar-refractivity contribution in [3.63, 3.8) is 0 Å². The number of aromatic hydroxyl groups is 2. The van der Waals surface area contributed by atoms with Crippen LogP contribution in [0.25, 0.3) is 11.1 Å². The minimum Gasteiger partial charge on any atom is -0.508 e. The molecule has 0 fully saturated rings. The molecule has 0 aliphatic heterocycles. The first-order chi connectivity index (χ1) is 10.1. The second kappa shape index (κ2) is 5.24. The van der Waals surface area contributed by atoms with Crippen molar-refractivity contribution in [2.75, 3.05) is 0 Å². The zero-order valence-corrected chi connectivity index (χ0v) is 11.9. The predicted octanol–water partition coefficient (Wildman–Crippen LogP) is 4.50. The fraction of sp³-hybridized carbons (Fsp3) is 0.222. The molecule has 108 valence electrons. The highest BCUT2D eigenvalue weighted by molar-refractivity contribution is 5.91. The van der Waals surface area contributed by atoms with Gasteiger partial charge in [0.05, 0.1) is 0 Å². The van der Waals surface area contributed by atoms with Gasteiger partial charge in [0.25, 0.3) is 0 Å². The van der Waals surface area contributed by atoms with Gasteiger partial charge in [0.1, 0.15) is 5.75 Å². The summed E-state index contributed by atoms with van der Waals surface area (Å²) in [6.07, 6.45) is 2.70. The number of aryl methyl sites for hydroxylation is 1. The highest BCUT2D eigenvalue weighted by atomic mass is 19.1. The molecule has 0 radical (unpaired) electrons. The summed E-state index contributed by atoms with van der Waals surface area (Å²) in [6.45, 7) is 2.03. The third-order valence-corrected chi connectivity index (χ3v) is 4.11. The lowest BCUT2D eigenvalue weighted by molar-refractivity contribution is 0.432. The molecule has 0 bridgehead atoms. The zero-order chi connectivity index (χ0) is 15.0. The van der Waals surface area contributed by atoms with Crippen molar-refractivity contribution >= 4 is 11.1 Å². The summed E-state index contributed by atoms with van der Waals surface area (Å²) in [5, 5.41) is 19.0. The number of fused-ring (bicyclic) bond motifs is 1. The molecule has 2 nitrogen and oxygen atoms in total. The van der Waals surface area contributed by atoms with Crippen LogP contribution >= 0.6 is 0 Å². The van der Waals surface area contributed by atoms with E-state index in [4.69, 9.17) is 0 Å². The van der Waals surface area contributed by atoms with Gasteiger partial charge < -0.3 is 10.2 Å². The van der Waals surface area contributed by atoms with Gasteiger partial charge in [0, 0.05) is 0 Å². The number of allylic oxidation sites excluding steroid dienone is 2. The predicted molar refractivity (Wildman–Crippen MR) is 81.6 cm³/mol. The van der Waals surface area contributed by atoms with Crippen molar-refractivity contribution in [1.29, 1.82) is 0 Å². The highest BCUT2D eigenvalue weighted by Crippen LogP contribution is 2.37. The Labute approximate surface area is 123 Å². The van der Waals surface area contributed by atoms with Gasteiger partial charge in [-0.1, -0.05) is 12.1 Å². The summed E-state index contributed by atoms with van der Waals surface area (Å²) in [4.78, 5) is 0. The van der Waals surface area contributed by atoms with E-state index in [0.29, 0.717) is 0 Å². The average molecular weight is 284 g/mol. The first-order valence-corrected chi connectivity index (χ1v) is 7.07. The molecule has 0 saturated heterocycles. The van der Waals surface area contributed by atoms with E-state index in [9.17, 15) is 14.6 Å². The number of hydrogen-bond donors (Lipinski definition) is 2. The van der Waals surface area contributed by atoms with Crippen molar-refractivity contribution in [3.05, 3.63) is 58.9 Å². The second-order valence-electron chi connectivity index (χ2n) is 5.46.